The fourth-order valence-corrected chi connectivity index (χ4v) is 3.57. The lowest BCUT2D eigenvalue weighted by Crippen LogP contribution is -2.19. The Morgan fingerprint density at radius 2 is 1.73 bits per heavy atom. The molecule has 3 aromatic carbocycles. The number of carbonyl (C=O) groups is 1. The number of carbonyl (C=O) groups excluding carboxylic acids is 1. The Balaban J connectivity index is 1.72. The van der Waals surface area contributed by atoms with E-state index in [4.69, 9.17) is 14.5 Å². The number of nitrogens with zero attached hydrogens (tertiary/aromatic N) is 2. The van der Waals surface area contributed by atoms with E-state index in [-0.39, 0.29) is 12.5 Å². The van der Waals surface area contributed by atoms with Gasteiger partial charge in [-0.25, -0.2) is 4.98 Å². The van der Waals surface area contributed by atoms with Gasteiger partial charge in [0.1, 0.15) is 12.4 Å². The number of fused-ring (bicyclic) bond motifs is 1. The molecule has 0 fully saturated rings. The van der Waals surface area contributed by atoms with Crippen LogP contribution < -0.4 is 14.8 Å². The largest absolute Gasteiger partial charge is 0.493 e. The lowest BCUT2D eigenvalue weighted by Gasteiger charge is -2.12. The van der Waals surface area contributed by atoms with Crippen LogP contribution in [0, 0.1) is 0 Å². The Bertz CT molecular complexity index is 1200. The van der Waals surface area contributed by atoms with Crippen LogP contribution in [0.15, 0.2) is 71.2 Å². The zero-order chi connectivity index (χ0) is 21.1. The number of para-hydroxylation sites is 2. The third-order valence-corrected chi connectivity index (χ3v) is 5.25. The first-order valence-electron chi connectivity index (χ1n) is 9.32. The molecule has 0 spiro atoms. The van der Waals surface area contributed by atoms with Crippen molar-refractivity contribution < 1.29 is 14.3 Å². The van der Waals surface area contributed by atoms with E-state index in [1.54, 1.807) is 14.2 Å². The number of nitrogens with one attached hydrogen (secondary N) is 1. The number of rotatable bonds is 6. The van der Waals surface area contributed by atoms with E-state index in [2.05, 4.69) is 21.2 Å². The number of halogens is 1. The zero-order valence-electron chi connectivity index (χ0n) is 16.6. The maximum atomic E-state index is 12.8. The van der Waals surface area contributed by atoms with Crippen LogP contribution in [0.3, 0.4) is 0 Å². The molecule has 0 saturated carbocycles. The molecule has 1 heterocycles. The normalized spacial score (nSPS) is 10.8. The predicted octanol–water partition coefficient (Wildman–Crippen LogP) is 5.12. The van der Waals surface area contributed by atoms with Crippen molar-refractivity contribution in [3.05, 3.63) is 71.2 Å². The minimum Gasteiger partial charge on any atom is -0.493 e. The van der Waals surface area contributed by atoms with Gasteiger partial charge in [-0.15, -0.1) is 0 Å². The van der Waals surface area contributed by atoms with E-state index in [9.17, 15) is 4.79 Å². The van der Waals surface area contributed by atoms with Crippen LogP contribution in [0.1, 0.15) is 0 Å². The van der Waals surface area contributed by atoms with Crippen LogP contribution in [0.25, 0.3) is 22.4 Å². The molecule has 4 rings (SSSR count). The molecule has 30 heavy (non-hydrogen) atoms. The van der Waals surface area contributed by atoms with Crippen LogP contribution in [-0.4, -0.2) is 29.7 Å². The number of aromatic nitrogens is 2. The number of hydrogen-bond donors (Lipinski definition) is 1. The van der Waals surface area contributed by atoms with Gasteiger partial charge in [-0.1, -0.05) is 28.1 Å². The SMILES string of the molecule is COc1ccc(-c2nc3ccccc3n2CC(=O)Nc2ccc(Br)cc2)cc1OC. The summed E-state index contributed by atoms with van der Waals surface area (Å²) in [4.78, 5) is 17.6. The van der Waals surface area contributed by atoms with E-state index in [1.165, 1.54) is 0 Å². The minimum atomic E-state index is -0.137. The first-order valence-corrected chi connectivity index (χ1v) is 10.1. The second kappa shape index (κ2) is 8.59. The van der Waals surface area contributed by atoms with Gasteiger partial charge < -0.3 is 19.4 Å². The Labute approximate surface area is 182 Å². The standard InChI is InChI=1S/C23H20BrN3O3/c1-29-20-12-7-15(13-21(20)30-2)23-26-18-5-3-4-6-19(18)27(23)14-22(28)25-17-10-8-16(24)9-11-17/h3-13H,14H2,1-2H3,(H,25,28). The van der Waals surface area contributed by atoms with Gasteiger partial charge >= 0.3 is 0 Å². The molecule has 0 radical (unpaired) electrons. The van der Waals surface area contributed by atoms with E-state index in [0.717, 1.165) is 26.8 Å². The number of imidazole rings is 1. The van der Waals surface area contributed by atoms with Gasteiger partial charge in [0.25, 0.3) is 0 Å². The van der Waals surface area contributed by atoms with Gasteiger partial charge in [-0.05, 0) is 54.6 Å². The van der Waals surface area contributed by atoms with E-state index < -0.39 is 0 Å². The van der Waals surface area contributed by atoms with Gasteiger partial charge in [0.2, 0.25) is 5.91 Å². The van der Waals surface area contributed by atoms with Crippen LogP contribution in [-0.2, 0) is 11.3 Å². The predicted molar refractivity (Wildman–Crippen MR) is 121 cm³/mol. The monoisotopic (exact) mass is 465 g/mol. The number of benzene rings is 3. The van der Waals surface area contributed by atoms with Gasteiger partial charge in [-0.2, -0.15) is 0 Å². The number of ether oxygens (including phenoxy) is 2. The maximum absolute atomic E-state index is 12.8. The zero-order valence-corrected chi connectivity index (χ0v) is 18.1. The average Bonchev–Trinajstić information content (AvgIpc) is 3.13. The molecule has 0 saturated heterocycles. The fourth-order valence-electron chi connectivity index (χ4n) is 3.31. The maximum Gasteiger partial charge on any atom is 0.244 e. The molecule has 0 aliphatic heterocycles. The van der Waals surface area contributed by atoms with E-state index in [0.29, 0.717) is 17.3 Å². The second-order valence-corrected chi connectivity index (χ2v) is 7.55. The molecule has 152 valence electrons. The highest BCUT2D eigenvalue weighted by molar-refractivity contribution is 9.10. The Kier molecular flexibility index (Phi) is 5.72. The number of anilines is 1. The summed E-state index contributed by atoms with van der Waals surface area (Å²) in [5.74, 6) is 1.79. The second-order valence-electron chi connectivity index (χ2n) is 6.64. The molecular weight excluding hydrogens is 446 g/mol. The highest BCUT2D eigenvalue weighted by Crippen LogP contribution is 2.33. The topological polar surface area (TPSA) is 65.4 Å². The van der Waals surface area contributed by atoms with Crippen LogP contribution in [0.5, 0.6) is 11.5 Å². The third kappa shape index (κ3) is 4.02. The van der Waals surface area contributed by atoms with Gasteiger partial charge in [-0.3, -0.25) is 4.79 Å². The van der Waals surface area contributed by atoms with E-state index in [1.807, 2.05) is 71.3 Å². The van der Waals surface area contributed by atoms with Crippen LogP contribution in [0.4, 0.5) is 5.69 Å². The molecule has 1 amide bonds. The number of amides is 1. The Morgan fingerprint density at radius 1 is 1.00 bits per heavy atom. The molecule has 0 bridgehead atoms. The molecule has 0 aliphatic carbocycles. The summed E-state index contributed by atoms with van der Waals surface area (Å²) in [5, 5.41) is 2.94. The summed E-state index contributed by atoms with van der Waals surface area (Å²) in [6.07, 6.45) is 0. The first-order chi connectivity index (χ1) is 14.6. The van der Waals surface area contributed by atoms with Gasteiger partial charge in [0, 0.05) is 15.7 Å². The van der Waals surface area contributed by atoms with Crippen LogP contribution >= 0.6 is 15.9 Å². The van der Waals surface area contributed by atoms with Crippen molar-refractivity contribution in [1.82, 2.24) is 9.55 Å². The Hall–Kier alpha value is -3.32. The van der Waals surface area contributed by atoms with Crippen molar-refractivity contribution in [2.45, 2.75) is 6.54 Å². The van der Waals surface area contributed by atoms with Crippen molar-refractivity contribution >= 4 is 38.6 Å². The molecule has 4 aromatic rings. The summed E-state index contributed by atoms with van der Waals surface area (Å²) in [7, 11) is 3.19. The van der Waals surface area contributed by atoms with E-state index >= 15 is 0 Å². The lowest BCUT2D eigenvalue weighted by atomic mass is 10.2. The van der Waals surface area contributed by atoms with Crippen LogP contribution in [0.2, 0.25) is 0 Å². The molecule has 0 atom stereocenters. The number of methoxy groups -OCH3 is 2. The highest BCUT2D eigenvalue weighted by Gasteiger charge is 2.17. The van der Waals surface area contributed by atoms with Crippen molar-refractivity contribution in [3.8, 4) is 22.9 Å². The van der Waals surface area contributed by atoms with Crippen molar-refractivity contribution in [1.29, 1.82) is 0 Å². The molecule has 6 nitrogen and oxygen atoms in total. The molecule has 7 heteroatoms. The molecule has 1 N–H and O–H groups in total. The fraction of sp³-hybridized carbons (Fsp3) is 0.130. The first kappa shape index (κ1) is 20.0. The highest BCUT2D eigenvalue weighted by atomic mass is 79.9. The van der Waals surface area contributed by atoms with Crippen molar-refractivity contribution in [2.24, 2.45) is 0 Å². The van der Waals surface area contributed by atoms with Gasteiger partial charge in [0.05, 0.1) is 25.3 Å². The van der Waals surface area contributed by atoms with Gasteiger partial charge in [0.15, 0.2) is 11.5 Å². The summed E-state index contributed by atoms with van der Waals surface area (Å²) in [6.45, 7) is 0.125. The summed E-state index contributed by atoms with van der Waals surface area (Å²) < 4.78 is 13.6. The minimum absolute atomic E-state index is 0.125. The molecular formula is C23H20BrN3O3. The smallest absolute Gasteiger partial charge is 0.244 e. The summed E-state index contributed by atoms with van der Waals surface area (Å²) in [5.41, 5.74) is 3.27. The van der Waals surface area contributed by atoms with Crippen molar-refractivity contribution in [2.75, 3.05) is 19.5 Å². The molecule has 1 aromatic heterocycles. The Morgan fingerprint density at radius 3 is 2.47 bits per heavy atom. The molecule has 0 unspecified atom stereocenters. The summed E-state index contributed by atoms with van der Waals surface area (Å²) >= 11 is 3.40. The quantitative estimate of drug-likeness (QED) is 0.429. The number of hydrogen-bond acceptors (Lipinski definition) is 4. The third-order valence-electron chi connectivity index (χ3n) is 4.73. The summed E-state index contributed by atoms with van der Waals surface area (Å²) in [6, 6.07) is 20.8. The average molecular weight is 466 g/mol. The molecule has 0 aliphatic rings. The lowest BCUT2D eigenvalue weighted by molar-refractivity contribution is -0.116. The van der Waals surface area contributed by atoms with Crippen molar-refractivity contribution in [3.63, 3.8) is 0 Å².